The van der Waals surface area contributed by atoms with Crippen LogP contribution in [0.15, 0.2) is 30.3 Å². The van der Waals surface area contributed by atoms with Crippen LogP contribution in [0.4, 0.5) is 0 Å². The summed E-state index contributed by atoms with van der Waals surface area (Å²) in [4.78, 5) is 23.2. The number of nitrogens with one attached hydrogen (secondary N) is 2. The summed E-state index contributed by atoms with van der Waals surface area (Å²) in [7, 11) is 0. The molecule has 1 rings (SSSR count). The van der Waals surface area contributed by atoms with Gasteiger partial charge in [-0.15, -0.1) is 12.4 Å². The number of hydrogen-bond donors (Lipinski definition) is 3. The lowest BCUT2D eigenvalue weighted by Crippen LogP contribution is -2.45. The minimum atomic E-state index is -0.452. The second kappa shape index (κ2) is 8.64. The molecule has 1 aromatic carbocycles. The molecule has 118 valence electrons. The zero-order valence-corrected chi connectivity index (χ0v) is 13.5. The van der Waals surface area contributed by atoms with Crippen molar-refractivity contribution in [2.75, 3.05) is 6.54 Å². The molecule has 0 aliphatic carbocycles. The quantitative estimate of drug-likeness (QED) is 0.744. The fraction of sp³-hybridized carbons (Fsp3) is 0.467. The van der Waals surface area contributed by atoms with Gasteiger partial charge < -0.3 is 16.4 Å². The number of benzene rings is 1. The molecule has 21 heavy (non-hydrogen) atoms. The maximum atomic E-state index is 11.9. The Kier molecular flexibility index (Phi) is 7.99. The molecule has 0 heterocycles. The van der Waals surface area contributed by atoms with Crippen LogP contribution in [-0.2, 0) is 9.59 Å². The summed E-state index contributed by atoms with van der Waals surface area (Å²) in [6.07, 6.45) is 0.194. The third-order valence-corrected chi connectivity index (χ3v) is 2.71. The second-order valence-corrected chi connectivity index (χ2v) is 5.63. The van der Waals surface area contributed by atoms with Crippen LogP contribution in [0.2, 0.25) is 0 Å². The van der Waals surface area contributed by atoms with E-state index in [0.29, 0.717) is 6.54 Å². The molecule has 0 aliphatic heterocycles. The summed E-state index contributed by atoms with van der Waals surface area (Å²) in [6, 6.07) is 9.11. The fourth-order valence-corrected chi connectivity index (χ4v) is 1.77. The van der Waals surface area contributed by atoms with E-state index in [1.165, 1.54) is 6.92 Å². The molecule has 0 radical (unpaired) electrons. The van der Waals surface area contributed by atoms with Crippen LogP contribution in [0.1, 0.15) is 38.8 Å². The van der Waals surface area contributed by atoms with E-state index in [1.54, 1.807) is 0 Å². The zero-order valence-electron chi connectivity index (χ0n) is 12.7. The van der Waals surface area contributed by atoms with E-state index >= 15 is 0 Å². The molecule has 5 nitrogen and oxygen atoms in total. The molecule has 6 heteroatoms. The van der Waals surface area contributed by atoms with Crippen LogP contribution in [-0.4, -0.2) is 23.9 Å². The first-order chi connectivity index (χ1) is 9.28. The van der Waals surface area contributed by atoms with Gasteiger partial charge in [0.25, 0.3) is 0 Å². The summed E-state index contributed by atoms with van der Waals surface area (Å²) in [5.74, 6) is -0.295. The lowest BCUT2D eigenvalue weighted by molar-refractivity contribution is -0.123. The van der Waals surface area contributed by atoms with Crippen LogP contribution in [0.5, 0.6) is 0 Å². The van der Waals surface area contributed by atoms with Crippen LogP contribution >= 0.6 is 12.4 Å². The number of hydrogen-bond acceptors (Lipinski definition) is 3. The number of carbonyl (C=O) groups is 2. The molecular weight excluding hydrogens is 290 g/mol. The number of nitrogens with two attached hydrogens (primary N) is 1. The first kappa shape index (κ1) is 19.4. The van der Waals surface area contributed by atoms with E-state index in [1.807, 2.05) is 44.2 Å². The summed E-state index contributed by atoms with van der Waals surface area (Å²) >= 11 is 0. The first-order valence-corrected chi connectivity index (χ1v) is 6.65. The van der Waals surface area contributed by atoms with Gasteiger partial charge in [-0.2, -0.15) is 0 Å². The molecule has 0 bridgehead atoms. The molecule has 0 spiro atoms. The lowest BCUT2D eigenvalue weighted by Gasteiger charge is -2.21. The Morgan fingerprint density at radius 2 is 1.81 bits per heavy atom. The summed E-state index contributed by atoms with van der Waals surface area (Å²) < 4.78 is 0. The Morgan fingerprint density at radius 3 is 2.29 bits per heavy atom. The highest BCUT2D eigenvalue weighted by Gasteiger charge is 2.18. The molecule has 4 N–H and O–H groups in total. The largest absolute Gasteiger partial charge is 0.354 e. The van der Waals surface area contributed by atoms with E-state index in [4.69, 9.17) is 5.73 Å². The Labute approximate surface area is 132 Å². The summed E-state index contributed by atoms with van der Waals surface area (Å²) in [5, 5.41) is 5.57. The number of amides is 2. The fourth-order valence-electron chi connectivity index (χ4n) is 1.77. The van der Waals surface area contributed by atoms with Gasteiger partial charge in [0, 0.05) is 19.0 Å². The van der Waals surface area contributed by atoms with Crippen molar-refractivity contribution in [2.24, 2.45) is 5.73 Å². The smallest absolute Gasteiger partial charge is 0.222 e. The van der Waals surface area contributed by atoms with Crippen LogP contribution < -0.4 is 16.4 Å². The van der Waals surface area contributed by atoms with E-state index in [0.717, 1.165) is 5.56 Å². The third kappa shape index (κ3) is 8.32. The van der Waals surface area contributed by atoms with Crippen molar-refractivity contribution in [3.05, 3.63) is 35.9 Å². The Hall–Kier alpha value is -1.59. The number of rotatable bonds is 6. The maximum Gasteiger partial charge on any atom is 0.222 e. The Bertz CT molecular complexity index is 458. The molecule has 1 unspecified atom stereocenters. The van der Waals surface area contributed by atoms with Crippen molar-refractivity contribution in [1.82, 2.24) is 10.6 Å². The van der Waals surface area contributed by atoms with Gasteiger partial charge in [-0.3, -0.25) is 9.59 Å². The normalized spacial score (nSPS) is 12.0. The summed E-state index contributed by atoms with van der Waals surface area (Å²) in [5.41, 5.74) is 6.28. The average Bonchev–Trinajstić information content (AvgIpc) is 2.35. The molecular formula is C15H24ClN3O2. The van der Waals surface area contributed by atoms with E-state index in [9.17, 15) is 9.59 Å². The van der Waals surface area contributed by atoms with E-state index in [2.05, 4.69) is 10.6 Å². The monoisotopic (exact) mass is 313 g/mol. The third-order valence-electron chi connectivity index (χ3n) is 2.71. The highest BCUT2D eigenvalue weighted by atomic mass is 35.5. The van der Waals surface area contributed by atoms with Crippen molar-refractivity contribution >= 4 is 24.2 Å². The topological polar surface area (TPSA) is 84.2 Å². The van der Waals surface area contributed by atoms with Crippen molar-refractivity contribution in [3.8, 4) is 0 Å². The zero-order chi connectivity index (χ0) is 15.2. The van der Waals surface area contributed by atoms with Crippen LogP contribution in [0.25, 0.3) is 0 Å². The van der Waals surface area contributed by atoms with E-state index < -0.39 is 5.54 Å². The van der Waals surface area contributed by atoms with Crippen molar-refractivity contribution in [3.63, 3.8) is 0 Å². The van der Waals surface area contributed by atoms with Gasteiger partial charge in [0.15, 0.2) is 0 Å². The lowest BCUT2D eigenvalue weighted by atomic mass is 10.0. The Morgan fingerprint density at radius 1 is 1.24 bits per heavy atom. The van der Waals surface area contributed by atoms with Crippen LogP contribution in [0.3, 0.4) is 0 Å². The maximum absolute atomic E-state index is 11.9. The standard InChI is InChI=1S/C15H23N3O2.ClH/c1-11(19)18-13(12-7-5-4-6-8-12)9-14(20)17-10-15(2,3)16;/h4-8,13H,9-10,16H2,1-3H3,(H,17,20)(H,18,19);1H. The molecule has 0 aromatic heterocycles. The molecule has 0 saturated carbocycles. The molecule has 1 atom stereocenters. The van der Waals surface area contributed by atoms with Crippen molar-refractivity contribution in [1.29, 1.82) is 0 Å². The predicted octanol–water partition coefficient (Wildman–Crippen LogP) is 1.53. The van der Waals surface area contributed by atoms with E-state index in [-0.39, 0.29) is 36.7 Å². The molecule has 2 amide bonds. The number of halogens is 1. The molecule has 1 aromatic rings. The van der Waals surface area contributed by atoms with Gasteiger partial charge in [-0.1, -0.05) is 30.3 Å². The number of carbonyl (C=O) groups excluding carboxylic acids is 2. The SMILES string of the molecule is CC(=O)NC(CC(=O)NCC(C)(C)N)c1ccccc1.Cl. The Balaban J connectivity index is 0.00000400. The molecule has 0 aliphatic rings. The van der Waals surface area contributed by atoms with Gasteiger partial charge in [-0.05, 0) is 19.4 Å². The highest BCUT2D eigenvalue weighted by molar-refractivity contribution is 5.85. The average molecular weight is 314 g/mol. The van der Waals surface area contributed by atoms with Gasteiger partial charge in [0.05, 0.1) is 12.5 Å². The second-order valence-electron chi connectivity index (χ2n) is 5.63. The van der Waals surface area contributed by atoms with Crippen LogP contribution in [0, 0.1) is 0 Å². The first-order valence-electron chi connectivity index (χ1n) is 6.65. The van der Waals surface area contributed by atoms with Gasteiger partial charge in [-0.25, -0.2) is 0 Å². The highest BCUT2D eigenvalue weighted by Crippen LogP contribution is 2.16. The van der Waals surface area contributed by atoms with Gasteiger partial charge >= 0.3 is 0 Å². The minimum absolute atomic E-state index is 0. The molecule has 0 fully saturated rings. The van der Waals surface area contributed by atoms with Crippen molar-refractivity contribution in [2.45, 2.75) is 38.8 Å². The predicted molar refractivity (Wildman–Crippen MR) is 86.1 cm³/mol. The van der Waals surface area contributed by atoms with Crippen molar-refractivity contribution < 1.29 is 9.59 Å². The summed E-state index contributed by atoms with van der Waals surface area (Å²) in [6.45, 7) is 5.52. The molecule has 0 saturated heterocycles. The van der Waals surface area contributed by atoms with Gasteiger partial charge in [0.2, 0.25) is 11.8 Å². The minimum Gasteiger partial charge on any atom is -0.354 e. The van der Waals surface area contributed by atoms with Gasteiger partial charge in [0.1, 0.15) is 0 Å².